The zero-order chi connectivity index (χ0) is 20.1. The number of benzene rings is 1. The Labute approximate surface area is 136 Å². The molecule has 0 aliphatic rings. The summed E-state index contributed by atoms with van der Waals surface area (Å²) < 4.78 is 156. The summed E-state index contributed by atoms with van der Waals surface area (Å²) in [6.45, 7) is 0. The average molecular weight is 413 g/mol. The van der Waals surface area contributed by atoms with Gasteiger partial charge in [0.25, 0.3) is 5.41 Å². The third-order valence-corrected chi connectivity index (χ3v) is 3.85. The molecule has 0 saturated heterocycles. The molecule has 0 spiro atoms. The van der Waals surface area contributed by atoms with Crippen molar-refractivity contribution in [2.24, 2.45) is 5.41 Å². The predicted molar refractivity (Wildman–Crippen MR) is 60.5 cm³/mol. The van der Waals surface area contributed by atoms with E-state index >= 15 is 0 Å². The average Bonchev–Trinajstić information content (AvgIpc) is 2.33. The molecule has 0 bridgehead atoms. The van der Waals surface area contributed by atoms with Crippen molar-refractivity contribution in [2.45, 2.75) is 29.8 Å². The third-order valence-electron chi connectivity index (χ3n) is 3.27. The molecule has 0 fully saturated rings. The van der Waals surface area contributed by atoms with Crippen molar-refractivity contribution in [3.8, 4) is 0 Å². The van der Waals surface area contributed by atoms with E-state index in [1.54, 1.807) is 0 Å². The van der Waals surface area contributed by atoms with Gasteiger partial charge in [-0.05, 0) is 17.7 Å². The molecule has 0 aliphatic carbocycles. The van der Waals surface area contributed by atoms with Gasteiger partial charge in [0.2, 0.25) is 0 Å². The van der Waals surface area contributed by atoms with Crippen LogP contribution in [0.15, 0.2) is 24.3 Å². The molecule has 0 radical (unpaired) electrons. The molecular formula is C12H5ClF12. The molecule has 0 aliphatic heterocycles. The van der Waals surface area contributed by atoms with Gasteiger partial charge in [0, 0.05) is 0 Å². The van der Waals surface area contributed by atoms with Crippen LogP contribution in [0.25, 0.3) is 0 Å². The van der Waals surface area contributed by atoms with E-state index < -0.39 is 46.6 Å². The first-order valence-electron chi connectivity index (χ1n) is 5.88. The Bertz CT molecular complexity index is 598. The van der Waals surface area contributed by atoms with Gasteiger partial charge >= 0.3 is 24.5 Å². The van der Waals surface area contributed by atoms with Gasteiger partial charge in [-0.3, -0.25) is 0 Å². The van der Waals surface area contributed by atoms with Crippen LogP contribution in [0.2, 0.25) is 0 Å². The van der Waals surface area contributed by atoms with E-state index in [2.05, 4.69) is 0 Å². The maximum Gasteiger partial charge on any atom is 0.454 e. The monoisotopic (exact) mass is 412 g/mol. The van der Waals surface area contributed by atoms with Gasteiger partial charge in [-0.15, -0.1) is 11.6 Å². The molecule has 0 N–H and O–H groups in total. The SMILES string of the molecule is Fc1cccc(C(Cl)C(C(F)(F)F)(C(F)(F)F)C(F)(F)C(F)(F)F)c1. The van der Waals surface area contributed by atoms with Crippen LogP contribution in [-0.2, 0) is 0 Å². The van der Waals surface area contributed by atoms with E-state index in [4.69, 9.17) is 11.6 Å². The first kappa shape index (κ1) is 21.7. The molecule has 13 heteroatoms. The van der Waals surface area contributed by atoms with Crippen molar-refractivity contribution >= 4 is 11.6 Å². The first-order chi connectivity index (χ1) is 10.9. The molecule has 0 nitrogen and oxygen atoms in total. The lowest BCUT2D eigenvalue weighted by molar-refractivity contribution is -0.449. The summed E-state index contributed by atoms with van der Waals surface area (Å²) in [5, 5.41) is -4.03. The van der Waals surface area contributed by atoms with Crippen molar-refractivity contribution < 1.29 is 52.7 Å². The van der Waals surface area contributed by atoms with Crippen LogP contribution in [0.1, 0.15) is 10.9 Å². The number of halogens is 13. The van der Waals surface area contributed by atoms with E-state index in [0.717, 1.165) is 0 Å². The van der Waals surface area contributed by atoms with Gasteiger partial charge in [0.15, 0.2) is 0 Å². The second-order valence-electron chi connectivity index (χ2n) is 4.79. The maximum absolute atomic E-state index is 13.5. The van der Waals surface area contributed by atoms with Gasteiger partial charge in [-0.25, -0.2) is 4.39 Å². The zero-order valence-corrected chi connectivity index (χ0v) is 12.1. The largest absolute Gasteiger partial charge is 0.454 e. The van der Waals surface area contributed by atoms with Crippen LogP contribution >= 0.6 is 11.6 Å². The van der Waals surface area contributed by atoms with Crippen molar-refractivity contribution in [1.29, 1.82) is 0 Å². The first-order valence-corrected chi connectivity index (χ1v) is 6.32. The third kappa shape index (κ3) is 3.24. The second kappa shape index (κ2) is 6.13. The quantitative estimate of drug-likeness (QED) is 0.397. The summed E-state index contributed by atoms with van der Waals surface area (Å²) >= 11 is 4.87. The van der Waals surface area contributed by atoms with Gasteiger partial charge in [-0.1, -0.05) is 12.1 Å². The Morgan fingerprint density at radius 3 is 1.48 bits per heavy atom. The van der Waals surface area contributed by atoms with Crippen LogP contribution in [0.3, 0.4) is 0 Å². The lowest BCUT2D eigenvalue weighted by atomic mass is 9.73. The number of hydrogen-bond donors (Lipinski definition) is 0. The van der Waals surface area contributed by atoms with Crippen molar-refractivity contribution in [2.75, 3.05) is 0 Å². The molecule has 25 heavy (non-hydrogen) atoms. The molecular weight excluding hydrogens is 408 g/mol. The predicted octanol–water partition coefficient (Wildman–Crippen LogP) is 6.41. The Hall–Kier alpha value is -1.33. The molecule has 1 rings (SSSR count). The minimum absolute atomic E-state index is 0.101. The molecule has 1 aromatic rings. The van der Waals surface area contributed by atoms with Crippen LogP contribution in [0.5, 0.6) is 0 Å². The standard InChI is InChI=1S/C12H5ClF12/c13-7(5-2-1-3-6(14)4-5)8(10(17,18)19,11(20,21)22)9(15,16)12(23,24)25/h1-4,7H. The van der Waals surface area contributed by atoms with Crippen LogP contribution < -0.4 is 0 Å². The summed E-state index contributed by atoms with van der Waals surface area (Å²) in [6, 6.07) is 1.18. The molecule has 0 heterocycles. The summed E-state index contributed by atoms with van der Waals surface area (Å²) in [4.78, 5) is 0. The van der Waals surface area contributed by atoms with Gasteiger partial charge in [-0.2, -0.15) is 48.3 Å². The topological polar surface area (TPSA) is 0 Å². The summed E-state index contributed by atoms with van der Waals surface area (Å²) in [7, 11) is 0. The molecule has 1 aromatic carbocycles. The summed E-state index contributed by atoms with van der Waals surface area (Å²) in [5.74, 6) is -8.85. The molecule has 0 amide bonds. The van der Waals surface area contributed by atoms with Crippen LogP contribution in [0.4, 0.5) is 52.7 Å². The molecule has 144 valence electrons. The van der Waals surface area contributed by atoms with E-state index in [1.807, 2.05) is 0 Å². The van der Waals surface area contributed by atoms with E-state index in [0.29, 0.717) is 12.1 Å². The number of alkyl halides is 12. The zero-order valence-electron chi connectivity index (χ0n) is 11.3. The van der Waals surface area contributed by atoms with Crippen molar-refractivity contribution in [3.05, 3.63) is 35.6 Å². The minimum Gasteiger partial charge on any atom is -0.207 e. The fraction of sp³-hybridized carbons (Fsp3) is 0.500. The Balaban J connectivity index is 3.92. The lowest BCUT2D eigenvalue weighted by Gasteiger charge is -2.45. The highest BCUT2D eigenvalue weighted by Gasteiger charge is 2.91. The maximum atomic E-state index is 13.5. The van der Waals surface area contributed by atoms with Crippen LogP contribution in [-0.4, -0.2) is 24.5 Å². The smallest absolute Gasteiger partial charge is 0.207 e. The summed E-state index contributed by atoms with van der Waals surface area (Å²) in [5.41, 5.74) is -8.30. The van der Waals surface area contributed by atoms with E-state index in [9.17, 15) is 52.7 Å². The highest BCUT2D eigenvalue weighted by molar-refractivity contribution is 6.21. The van der Waals surface area contributed by atoms with Gasteiger partial charge in [0.1, 0.15) is 5.82 Å². The summed E-state index contributed by atoms with van der Waals surface area (Å²) in [6.07, 6.45) is -21.6. The molecule has 0 aromatic heterocycles. The van der Waals surface area contributed by atoms with Gasteiger partial charge in [0.05, 0.1) is 5.38 Å². The fourth-order valence-electron chi connectivity index (χ4n) is 2.10. The molecule has 1 unspecified atom stereocenters. The second-order valence-corrected chi connectivity index (χ2v) is 5.23. The normalized spacial score (nSPS) is 16.0. The van der Waals surface area contributed by atoms with Crippen LogP contribution in [0, 0.1) is 11.2 Å². The highest BCUT2D eigenvalue weighted by Crippen LogP contribution is 2.69. The van der Waals surface area contributed by atoms with E-state index in [1.165, 1.54) is 0 Å². The van der Waals surface area contributed by atoms with Gasteiger partial charge < -0.3 is 0 Å². The number of rotatable bonds is 3. The van der Waals surface area contributed by atoms with Crippen molar-refractivity contribution in [1.82, 2.24) is 0 Å². The minimum atomic E-state index is -7.37. The Kier molecular flexibility index (Phi) is 5.32. The molecule has 1 atom stereocenters. The molecule has 0 saturated carbocycles. The Morgan fingerprint density at radius 1 is 0.720 bits per heavy atom. The Morgan fingerprint density at radius 2 is 1.16 bits per heavy atom. The number of hydrogen-bond acceptors (Lipinski definition) is 0. The van der Waals surface area contributed by atoms with Crippen molar-refractivity contribution in [3.63, 3.8) is 0 Å². The highest BCUT2D eigenvalue weighted by atomic mass is 35.5. The van der Waals surface area contributed by atoms with E-state index in [-0.39, 0.29) is 12.1 Å². The fourth-order valence-corrected chi connectivity index (χ4v) is 2.62. The lowest BCUT2D eigenvalue weighted by Crippen LogP contribution is -2.68.